The minimum Gasteiger partial charge on any atom is -0.368 e. The molecule has 0 unspecified atom stereocenters. The van der Waals surface area contributed by atoms with Crippen molar-refractivity contribution in [2.24, 2.45) is 7.05 Å². The molecule has 11 heteroatoms. The number of aromatic nitrogens is 2. The molecule has 4 rings (SSSR count). The summed E-state index contributed by atoms with van der Waals surface area (Å²) in [7, 11) is 1.66. The summed E-state index contributed by atoms with van der Waals surface area (Å²) in [5.74, 6) is -0.252. The topological polar surface area (TPSA) is 84.5 Å². The molecular formula is C22H20F3N5O3. The van der Waals surface area contributed by atoms with E-state index < -0.39 is 22.4 Å². The molecule has 1 saturated heterocycles. The van der Waals surface area contributed by atoms with Crippen LogP contribution in [0.3, 0.4) is 0 Å². The van der Waals surface area contributed by atoms with Crippen LogP contribution in [0.5, 0.6) is 0 Å². The summed E-state index contributed by atoms with van der Waals surface area (Å²) in [6, 6.07) is 9.42. The van der Waals surface area contributed by atoms with Crippen molar-refractivity contribution in [2.45, 2.75) is 6.18 Å². The lowest BCUT2D eigenvalue weighted by atomic mass is 10.1. The number of halogens is 3. The molecule has 0 amide bonds. The van der Waals surface area contributed by atoms with Gasteiger partial charge in [-0.2, -0.15) is 13.2 Å². The maximum Gasteiger partial charge on any atom is 0.416 e. The summed E-state index contributed by atoms with van der Waals surface area (Å²) in [5, 5.41) is 11.7. The third-order valence-corrected chi connectivity index (χ3v) is 5.62. The van der Waals surface area contributed by atoms with E-state index in [1.807, 2.05) is 4.90 Å². The van der Waals surface area contributed by atoms with Gasteiger partial charge < -0.3 is 14.4 Å². The quantitative estimate of drug-likeness (QED) is 0.327. The number of anilines is 2. The number of hydrogen-bond acceptors (Lipinski definition) is 6. The Labute approximate surface area is 187 Å². The molecule has 1 fully saturated rings. The number of carbonyl (C=O) groups excluding carboxylic acids is 1. The number of piperazine rings is 1. The SMILES string of the molecule is Cn1ccnc1C(=O)c1ccc(N2CCN(c3cccc(C(F)(F)F)c3)CC2)c([N+](=O)[O-])c1. The van der Waals surface area contributed by atoms with E-state index in [-0.39, 0.29) is 17.1 Å². The molecule has 1 aliphatic heterocycles. The van der Waals surface area contributed by atoms with E-state index in [9.17, 15) is 28.1 Å². The first-order valence-corrected chi connectivity index (χ1v) is 10.1. The van der Waals surface area contributed by atoms with Crippen molar-refractivity contribution in [3.05, 3.63) is 81.9 Å². The molecule has 2 heterocycles. The molecule has 0 atom stereocenters. The highest BCUT2D eigenvalue weighted by Gasteiger charge is 2.31. The predicted octanol–water partition coefficient (Wildman–Crippen LogP) is 3.90. The molecule has 1 aliphatic rings. The number of carbonyl (C=O) groups is 1. The van der Waals surface area contributed by atoms with Crippen LogP contribution >= 0.6 is 0 Å². The monoisotopic (exact) mass is 459 g/mol. The average Bonchev–Trinajstić information content (AvgIpc) is 3.23. The molecule has 0 aliphatic carbocycles. The molecule has 0 bridgehead atoms. The summed E-state index contributed by atoms with van der Waals surface area (Å²) in [4.78, 5) is 31.5. The summed E-state index contributed by atoms with van der Waals surface area (Å²) in [6.07, 6.45) is -1.34. The van der Waals surface area contributed by atoms with E-state index in [1.165, 1.54) is 35.0 Å². The molecule has 0 radical (unpaired) electrons. The van der Waals surface area contributed by atoms with Crippen LogP contribution in [0.25, 0.3) is 0 Å². The first kappa shape index (κ1) is 22.3. The van der Waals surface area contributed by atoms with Gasteiger partial charge in [0, 0.05) is 62.9 Å². The largest absolute Gasteiger partial charge is 0.416 e. The van der Waals surface area contributed by atoms with Gasteiger partial charge in [-0.3, -0.25) is 14.9 Å². The molecule has 0 saturated carbocycles. The molecule has 3 aromatic rings. The van der Waals surface area contributed by atoms with Crippen LogP contribution in [-0.2, 0) is 13.2 Å². The number of rotatable bonds is 5. The highest BCUT2D eigenvalue weighted by Crippen LogP contribution is 2.34. The number of nitro groups is 1. The fourth-order valence-corrected chi connectivity index (χ4v) is 3.88. The van der Waals surface area contributed by atoms with E-state index in [2.05, 4.69) is 4.98 Å². The molecule has 172 valence electrons. The standard InChI is InChI=1S/C22H20F3N5O3/c1-27-8-7-26-21(27)20(31)15-5-6-18(19(13-15)30(32)33)29-11-9-28(10-12-29)17-4-2-3-16(14-17)22(23,24)25/h2-8,13-14H,9-12H2,1H3. The van der Waals surface area contributed by atoms with Crippen LogP contribution < -0.4 is 9.80 Å². The maximum atomic E-state index is 13.0. The molecule has 2 aromatic carbocycles. The van der Waals surface area contributed by atoms with Gasteiger partial charge in [0.25, 0.3) is 5.69 Å². The summed E-state index contributed by atoms with van der Waals surface area (Å²) in [6.45, 7) is 1.55. The van der Waals surface area contributed by atoms with Crippen molar-refractivity contribution in [3.8, 4) is 0 Å². The van der Waals surface area contributed by atoms with Crippen LogP contribution in [0.2, 0.25) is 0 Å². The van der Waals surface area contributed by atoms with Gasteiger partial charge in [0.15, 0.2) is 5.82 Å². The van der Waals surface area contributed by atoms with Gasteiger partial charge in [0.05, 0.1) is 10.5 Å². The molecular weight excluding hydrogens is 439 g/mol. The zero-order valence-corrected chi connectivity index (χ0v) is 17.6. The summed E-state index contributed by atoms with van der Waals surface area (Å²) >= 11 is 0. The molecule has 1 aromatic heterocycles. The molecule has 0 spiro atoms. The Hall–Kier alpha value is -3.89. The van der Waals surface area contributed by atoms with Crippen molar-refractivity contribution in [1.29, 1.82) is 0 Å². The molecule has 33 heavy (non-hydrogen) atoms. The Balaban J connectivity index is 1.53. The smallest absolute Gasteiger partial charge is 0.368 e. The van der Waals surface area contributed by atoms with E-state index in [1.54, 1.807) is 24.2 Å². The number of nitrogens with zero attached hydrogens (tertiary/aromatic N) is 5. The van der Waals surface area contributed by atoms with Crippen molar-refractivity contribution in [2.75, 3.05) is 36.0 Å². The van der Waals surface area contributed by atoms with Gasteiger partial charge in [-0.15, -0.1) is 0 Å². The van der Waals surface area contributed by atoms with Crippen molar-refractivity contribution >= 4 is 22.8 Å². The van der Waals surface area contributed by atoms with E-state index >= 15 is 0 Å². The second-order valence-corrected chi connectivity index (χ2v) is 7.67. The van der Waals surface area contributed by atoms with Crippen LogP contribution in [0, 0.1) is 10.1 Å². The van der Waals surface area contributed by atoms with Gasteiger partial charge in [0.2, 0.25) is 5.78 Å². The average molecular weight is 459 g/mol. The van der Waals surface area contributed by atoms with Crippen molar-refractivity contribution in [1.82, 2.24) is 9.55 Å². The van der Waals surface area contributed by atoms with Gasteiger partial charge in [0.1, 0.15) is 5.69 Å². The Morgan fingerprint density at radius 2 is 1.76 bits per heavy atom. The predicted molar refractivity (Wildman–Crippen MR) is 116 cm³/mol. The lowest BCUT2D eigenvalue weighted by Crippen LogP contribution is -2.46. The Bertz CT molecular complexity index is 1200. The number of nitro benzene ring substituents is 1. The molecule has 8 nitrogen and oxygen atoms in total. The number of alkyl halides is 3. The van der Waals surface area contributed by atoms with Crippen molar-refractivity contribution < 1.29 is 22.9 Å². The Morgan fingerprint density at radius 1 is 1.06 bits per heavy atom. The number of aryl methyl sites for hydroxylation is 1. The highest BCUT2D eigenvalue weighted by molar-refractivity contribution is 6.07. The summed E-state index contributed by atoms with van der Waals surface area (Å²) in [5.41, 5.74) is 0.0473. The van der Waals surface area contributed by atoms with Crippen LogP contribution in [0.1, 0.15) is 21.7 Å². The second-order valence-electron chi connectivity index (χ2n) is 7.67. The van der Waals surface area contributed by atoms with E-state index in [4.69, 9.17) is 0 Å². The lowest BCUT2D eigenvalue weighted by Gasteiger charge is -2.37. The van der Waals surface area contributed by atoms with Crippen LogP contribution in [-0.4, -0.2) is 46.4 Å². The second kappa shape index (κ2) is 8.57. The minimum atomic E-state index is -4.42. The maximum absolute atomic E-state index is 13.0. The fourth-order valence-electron chi connectivity index (χ4n) is 3.88. The van der Waals surface area contributed by atoms with Crippen LogP contribution in [0.4, 0.5) is 30.2 Å². The van der Waals surface area contributed by atoms with E-state index in [0.29, 0.717) is 37.6 Å². The normalized spacial score (nSPS) is 14.4. The number of benzene rings is 2. The Kier molecular flexibility index (Phi) is 5.79. The van der Waals surface area contributed by atoms with Gasteiger partial charge >= 0.3 is 6.18 Å². The first-order chi connectivity index (χ1) is 15.6. The minimum absolute atomic E-state index is 0.155. The fraction of sp³-hybridized carbons (Fsp3) is 0.273. The van der Waals surface area contributed by atoms with Crippen molar-refractivity contribution in [3.63, 3.8) is 0 Å². The van der Waals surface area contributed by atoms with Crippen LogP contribution in [0.15, 0.2) is 54.9 Å². The van der Waals surface area contributed by atoms with Gasteiger partial charge in [-0.05, 0) is 30.3 Å². The summed E-state index contributed by atoms with van der Waals surface area (Å²) < 4.78 is 40.6. The number of imidazole rings is 1. The number of hydrogen-bond donors (Lipinski definition) is 0. The third kappa shape index (κ3) is 4.52. The lowest BCUT2D eigenvalue weighted by molar-refractivity contribution is -0.384. The number of ketones is 1. The third-order valence-electron chi connectivity index (χ3n) is 5.62. The van der Waals surface area contributed by atoms with E-state index in [0.717, 1.165) is 12.1 Å². The zero-order valence-electron chi connectivity index (χ0n) is 17.6. The highest BCUT2D eigenvalue weighted by atomic mass is 19.4. The van der Waals surface area contributed by atoms with Gasteiger partial charge in [-0.1, -0.05) is 6.07 Å². The Morgan fingerprint density at radius 3 is 2.36 bits per heavy atom. The molecule has 0 N–H and O–H groups in total. The zero-order chi connectivity index (χ0) is 23.8. The first-order valence-electron chi connectivity index (χ1n) is 10.1. The van der Waals surface area contributed by atoms with Gasteiger partial charge in [-0.25, -0.2) is 4.98 Å².